The predicted octanol–water partition coefficient (Wildman–Crippen LogP) is 5.69. The highest BCUT2D eigenvalue weighted by Gasteiger charge is 2.29. The predicted molar refractivity (Wildman–Crippen MR) is 134 cm³/mol. The Balaban J connectivity index is 1.43. The van der Waals surface area contributed by atoms with Crippen LogP contribution in [0, 0.1) is 5.82 Å². The number of hydrogen-bond acceptors (Lipinski definition) is 5. The maximum atomic E-state index is 14.5. The van der Waals surface area contributed by atoms with Gasteiger partial charge in [-0.1, -0.05) is 0 Å². The van der Waals surface area contributed by atoms with Gasteiger partial charge in [0.05, 0.1) is 19.3 Å². The molecule has 1 amide bonds. The zero-order valence-corrected chi connectivity index (χ0v) is 20.6. The number of amides is 1. The molecule has 1 aliphatic heterocycles. The van der Waals surface area contributed by atoms with Crippen LogP contribution in [0.2, 0.25) is 0 Å². The first-order valence-electron chi connectivity index (χ1n) is 11.7. The number of rotatable bonds is 3. The molecule has 1 aliphatic rings. The van der Waals surface area contributed by atoms with Crippen molar-refractivity contribution in [2.75, 3.05) is 13.7 Å². The highest BCUT2D eigenvalue weighted by Crippen LogP contribution is 2.33. The maximum absolute atomic E-state index is 14.5. The minimum atomic E-state index is -0.563. The van der Waals surface area contributed by atoms with Gasteiger partial charge >= 0.3 is 6.09 Å². The Morgan fingerprint density at radius 1 is 1.08 bits per heavy atom. The van der Waals surface area contributed by atoms with Gasteiger partial charge < -0.3 is 18.8 Å². The van der Waals surface area contributed by atoms with Crippen molar-refractivity contribution in [3.8, 4) is 22.6 Å². The van der Waals surface area contributed by atoms with Crippen molar-refractivity contribution in [3.05, 3.63) is 82.2 Å². The first-order chi connectivity index (χ1) is 17.1. The third-order valence-electron chi connectivity index (χ3n) is 6.15. The van der Waals surface area contributed by atoms with Gasteiger partial charge in [0.1, 0.15) is 28.5 Å². The average Bonchev–Trinajstić information content (AvgIpc) is 3.19. The standard InChI is InChI=1S/C28H27FN2O5/c1-28(2,3)36-27(33)30-11-10-24-22(16-30)21-7-5-18(14-25(21)35-24)31-12-9-17(13-26(31)32)20-8-6-19(34-4)15-23(20)29/h5-9,12-15H,10-11,16H2,1-4H3. The van der Waals surface area contributed by atoms with Gasteiger partial charge in [0, 0.05) is 53.9 Å². The van der Waals surface area contributed by atoms with E-state index in [1.54, 1.807) is 35.4 Å². The van der Waals surface area contributed by atoms with Crippen LogP contribution in [0.15, 0.2) is 63.9 Å². The van der Waals surface area contributed by atoms with E-state index in [9.17, 15) is 14.0 Å². The molecular weight excluding hydrogens is 463 g/mol. The first-order valence-corrected chi connectivity index (χ1v) is 11.7. The van der Waals surface area contributed by atoms with Crippen LogP contribution in [-0.2, 0) is 17.7 Å². The van der Waals surface area contributed by atoms with Crippen molar-refractivity contribution in [2.24, 2.45) is 0 Å². The van der Waals surface area contributed by atoms with Crippen molar-refractivity contribution in [1.29, 1.82) is 0 Å². The number of halogens is 1. The number of pyridine rings is 1. The van der Waals surface area contributed by atoms with Gasteiger partial charge in [-0.2, -0.15) is 0 Å². The Morgan fingerprint density at radius 2 is 1.89 bits per heavy atom. The number of methoxy groups -OCH3 is 1. The topological polar surface area (TPSA) is 73.9 Å². The van der Waals surface area contributed by atoms with Crippen LogP contribution < -0.4 is 10.3 Å². The number of benzene rings is 2. The number of aromatic nitrogens is 1. The number of ether oxygens (including phenoxy) is 2. The molecular formula is C28H27FN2O5. The van der Waals surface area contributed by atoms with E-state index >= 15 is 0 Å². The van der Waals surface area contributed by atoms with E-state index in [0.29, 0.717) is 47.7 Å². The van der Waals surface area contributed by atoms with Gasteiger partial charge in [-0.25, -0.2) is 9.18 Å². The van der Waals surface area contributed by atoms with E-state index in [1.807, 2.05) is 32.9 Å². The van der Waals surface area contributed by atoms with Gasteiger partial charge in [-0.15, -0.1) is 0 Å². The summed E-state index contributed by atoms with van der Waals surface area (Å²) in [6.45, 7) is 6.45. The van der Waals surface area contributed by atoms with Crippen LogP contribution in [0.1, 0.15) is 32.1 Å². The van der Waals surface area contributed by atoms with Crippen LogP contribution in [0.25, 0.3) is 27.8 Å². The average molecular weight is 491 g/mol. The number of hydrogen-bond donors (Lipinski definition) is 0. The SMILES string of the molecule is COc1ccc(-c2ccn(-c3ccc4c5c(oc4c3)CCN(C(=O)OC(C)(C)C)C5)c(=O)c2)c(F)c1. The molecule has 186 valence electrons. The van der Waals surface area contributed by atoms with Crippen LogP contribution in [0.4, 0.5) is 9.18 Å². The van der Waals surface area contributed by atoms with Crippen molar-refractivity contribution >= 4 is 17.1 Å². The van der Waals surface area contributed by atoms with Crippen molar-refractivity contribution in [1.82, 2.24) is 9.47 Å². The van der Waals surface area contributed by atoms with E-state index in [-0.39, 0.29) is 11.7 Å². The largest absolute Gasteiger partial charge is 0.497 e. The molecule has 5 rings (SSSR count). The molecule has 0 N–H and O–H groups in total. The lowest BCUT2D eigenvalue weighted by molar-refractivity contribution is 0.0220. The van der Waals surface area contributed by atoms with Crippen LogP contribution >= 0.6 is 0 Å². The summed E-state index contributed by atoms with van der Waals surface area (Å²) in [6, 6.07) is 13.2. The summed E-state index contributed by atoms with van der Waals surface area (Å²) in [4.78, 5) is 27.2. The molecule has 2 aromatic carbocycles. The van der Waals surface area contributed by atoms with Gasteiger partial charge in [0.25, 0.3) is 5.56 Å². The van der Waals surface area contributed by atoms with E-state index in [4.69, 9.17) is 13.9 Å². The highest BCUT2D eigenvalue weighted by molar-refractivity contribution is 5.85. The molecule has 0 unspecified atom stereocenters. The number of nitrogens with zero attached hydrogens (tertiary/aromatic N) is 2. The third kappa shape index (κ3) is 4.46. The summed E-state index contributed by atoms with van der Waals surface area (Å²) in [5, 5.41) is 0.895. The van der Waals surface area contributed by atoms with Crippen molar-refractivity contribution < 1.29 is 23.1 Å². The van der Waals surface area contributed by atoms with E-state index in [2.05, 4.69) is 0 Å². The quantitative estimate of drug-likeness (QED) is 0.369. The third-order valence-corrected chi connectivity index (χ3v) is 6.15. The smallest absolute Gasteiger partial charge is 0.410 e. The fourth-order valence-electron chi connectivity index (χ4n) is 4.42. The van der Waals surface area contributed by atoms with E-state index in [1.165, 1.54) is 23.8 Å². The van der Waals surface area contributed by atoms with E-state index in [0.717, 1.165) is 16.7 Å². The summed E-state index contributed by atoms with van der Waals surface area (Å²) >= 11 is 0. The summed E-state index contributed by atoms with van der Waals surface area (Å²) in [5.74, 6) is 0.780. The molecule has 0 saturated heterocycles. The molecule has 3 heterocycles. The minimum absolute atomic E-state index is 0.297. The number of carbonyl (C=O) groups excluding carboxylic acids is 1. The lowest BCUT2D eigenvalue weighted by Crippen LogP contribution is -2.39. The number of furan rings is 1. The molecule has 7 nitrogen and oxygen atoms in total. The minimum Gasteiger partial charge on any atom is -0.497 e. The number of fused-ring (bicyclic) bond motifs is 3. The monoisotopic (exact) mass is 490 g/mol. The van der Waals surface area contributed by atoms with Crippen molar-refractivity contribution in [3.63, 3.8) is 0 Å². The van der Waals surface area contributed by atoms with E-state index < -0.39 is 11.4 Å². The fraction of sp³-hybridized carbons (Fsp3) is 0.286. The molecule has 36 heavy (non-hydrogen) atoms. The van der Waals surface area contributed by atoms with Gasteiger partial charge in [0.2, 0.25) is 0 Å². The van der Waals surface area contributed by atoms with Crippen LogP contribution in [-0.4, -0.2) is 34.8 Å². The molecule has 0 bridgehead atoms. The Morgan fingerprint density at radius 3 is 2.58 bits per heavy atom. The first kappa shape index (κ1) is 23.7. The molecule has 0 aliphatic carbocycles. The lowest BCUT2D eigenvalue weighted by Gasteiger charge is -2.29. The normalized spacial score (nSPS) is 13.5. The lowest BCUT2D eigenvalue weighted by atomic mass is 10.0. The van der Waals surface area contributed by atoms with Crippen molar-refractivity contribution in [2.45, 2.75) is 39.3 Å². The summed E-state index contributed by atoms with van der Waals surface area (Å²) in [5.41, 5.74) is 2.16. The molecule has 0 spiro atoms. The Bertz CT molecular complexity index is 1530. The summed E-state index contributed by atoms with van der Waals surface area (Å²) < 4.78 is 32.6. The molecule has 0 fully saturated rings. The Hall–Kier alpha value is -4.07. The zero-order valence-electron chi connectivity index (χ0n) is 20.6. The Labute approximate surface area is 207 Å². The van der Waals surface area contributed by atoms with Crippen LogP contribution in [0.3, 0.4) is 0 Å². The molecule has 8 heteroatoms. The van der Waals surface area contributed by atoms with Crippen LogP contribution in [0.5, 0.6) is 5.75 Å². The Kier molecular flexibility index (Phi) is 5.82. The number of carbonyl (C=O) groups is 1. The highest BCUT2D eigenvalue weighted by atomic mass is 19.1. The summed E-state index contributed by atoms with van der Waals surface area (Å²) in [7, 11) is 1.47. The van der Waals surface area contributed by atoms with Gasteiger partial charge in [0.15, 0.2) is 0 Å². The zero-order chi connectivity index (χ0) is 25.6. The second kappa shape index (κ2) is 8.86. The molecule has 2 aromatic heterocycles. The fourth-order valence-corrected chi connectivity index (χ4v) is 4.42. The maximum Gasteiger partial charge on any atom is 0.410 e. The summed E-state index contributed by atoms with van der Waals surface area (Å²) in [6.07, 6.45) is 1.86. The molecule has 0 radical (unpaired) electrons. The van der Waals surface area contributed by atoms with Gasteiger partial charge in [-0.05, 0) is 56.7 Å². The second-order valence-electron chi connectivity index (χ2n) is 9.81. The molecule has 0 atom stereocenters. The molecule has 4 aromatic rings. The second-order valence-corrected chi connectivity index (χ2v) is 9.81. The molecule has 0 saturated carbocycles. The van der Waals surface area contributed by atoms with Gasteiger partial charge in [-0.3, -0.25) is 9.36 Å².